The SMILES string of the molecule is COC(=O)C1(CCNN(C(=S)SC)c2ccccc2)C=CCC=C1. The fraction of sp³-hybridized carbons (Fsp3) is 0.333. The van der Waals surface area contributed by atoms with E-state index in [2.05, 4.69) is 5.43 Å². The van der Waals surface area contributed by atoms with Crippen molar-refractivity contribution >= 4 is 40.0 Å². The number of thiocarbonyl (C=S) groups is 1. The van der Waals surface area contributed by atoms with Crippen LogP contribution < -0.4 is 10.4 Å². The number of para-hydroxylation sites is 1. The minimum absolute atomic E-state index is 0.241. The number of allylic oxidation sites excluding steroid dienone is 2. The van der Waals surface area contributed by atoms with Crippen molar-refractivity contribution < 1.29 is 9.53 Å². The number of hydrogen-bond donors (Lipinski definition) is 1. The molecule has 0 saturated heterocycles. The zero-order chi connectivity index (χ0) is 17.4. The van der Waals surface area contributed by atoms with Crippen molar-refractivity contribution in [2.75, 3.05) is 24.9 Å². The Morgan fingerprint density at radius 3 is 2.58 bits per heavy atom. The van der Waals surface area contributed by atoms with Gasteiger partial charge in [0, 0.05) is 6.54 Å². The lowest BCUT2D eigenvalue weighted by molar-refractivity contribution is -0.147. The number of hydrazine groups is 1. The fourth-order valence-electron chi connectivity index (χ4n) is 2.59. The Morgan fingerprint density at radius 1 is 1.33 bits per heavy atom. The molecule has 1 aromatic rings. The molecule has 0 aromatic heterocycles. The van der Waals surface area contributed by atoms with Crippen molar-refractivity contribution in [3.63, 3.8) is 0 Å². The zero-order valence-electron chi connectivity index (χ0n) is 13.9. The molecule has 6 heteroatoms. The van der Waals surface area contributed by atoms with Crippen molar-refractivity contribution in [2.24, 2.45) is 5.41 Å². The molecular weight excluding hydrogens is 340 g/mol. The molecule has 0 saturated carbocycles. The molecule has 0 radical (unpaired) electrons. The average molecular weight is 363 g/mol. The number of rotatable bonds is 6. The first-order valence-electron chi connectivity index (χ1n) is 7.73. The number of esters is 1. The third-order valence-electron chi connectivity index (χ3n) is 3.85. The smallest absolute Gasteiger partial charge is 0.319 e. The van der Waals surface area contributed by atoms with Crippen LogP contribution in [0.25, 0.3) is 0 Å². The van der Waals surface area contributed by atoms with Gasteiger partial charge in [0.05, 0.1) is 12.8 Å². The number of hydrogen-bond acceptors (Lipinski definition) is 5. The van der Waals surface area contributed by atoms with E-state index >= 15 is 0 Å². The van der Waals surface area contributed by atoms with Crippen LogP contribution in [-0.4, -0.2) is 30.2 Å². The minimum atomic E-state index is -0.705. The number of nitrogens with one attached hydrogen (secondary N) is 1. The number of thioether (sulfide) groups is 1. The van der Waals surface area contributed by atoms with Crippen LogP contribution in [-0.2, 0) is 9.53 Å². The molecule has 0 atom stereocenters. The molecule has 1 aliphatic carbocycles. The predicted molar refractivity (Wildman–Crippen MR) is 105 cm³/mol. The summed E-state index contributed by atoms with van der Waals surface area (Å²) < 4.78 is 5.72. The second-order valence-electron chi connectivity index (χ2n) is 5.37. The predicted octanol–water partition coefficient (Wildman–Crippen LogP) is 3.71. The van der Waals surface area contributed by atoms with Crippen molar-refractivity contribution in [1.82, 2.24) is 5.43 Å². The summed E-state index contributed by atoms with van der Waals surface area (Å²) >= 11 is 6.94. The molecule has 1 aromatic carbocycles. The third kappa shape index (κ3) is 4.47. The van der Waals surface area contributed by atoms with Gasteiger partial charge in [0.2, 0.25) is 0 Å². The van der Waals surface area contributed by atoms with E-state index in [4.69, 9.17) is 17.0 Å². The Hall–Kier alpha value is -1.63. The van der Waals surface area contributed by atoms with Crippen LogP contribution >= 0.6 is 24.0 Å². The maximum atomic E-state index is 12.2. The van der Waals surface area contributed by atoms with Crippen LogP contribution in [0, 0.1) is 5.41 Å². The van der Waals surface area contributed by atoms with Crippen LogP contribution in [0.4, 0.5) is 5.69 Å². The standard InChI is InChI=1S/C18H22N2O2S2/c1-22-16(21)18(11-7-4-8-12-18)13-14-19-20(17(23)24-2)15-9-5-3-6-10-15/h3,5-12,19H,4,13-14H2,1-2H3. The highest BCUT2D eigenvalue weighted by Crippen LogP contribution is 2.31. The summed E-state index contributed by atoms with van der Waals surface area (Å²) in [5.41, 5.74) is 3.60. The molecule has 1 aliphatic rings. The third-order valence-corrected chi connectivity index (χ3v) is 5.06. The monoisotopic (exact) mass is 362 g/mol. The lowest BCUT2D eigenvalue weighted by Gasteiger charge is -2.29. The van der Waals surface area contributed by atoms with Crippen LogP contribution in [0.15, 0.2) is 54.6 Å². The summed E-state index contributed by atoms with van der Waals surface area (Å²) in [4.78, 5) is 12.2. The molecule has 0 heterocycles. The first kappa shape index (κ1) is 18.7. The molecule has 4 nitrogen and oxygen atoms in total. The number of ether oxygens (including phenoxy) is 1. The van der Waals surface area contributed by atoms with Gasteiger partial charge in [-0.2, -0.15) is 0 Å². The second-order valence-corrected chi connectivity index (χ2v) is 6.81. The Balaban J connectivity index is 2.07. The summed E-state index contributed by atoms with van der Waals surface area (Å²) in [7, 11) is 1.42. The van der Waals surface area contributed by atoms with Gasteiger partial charge in [0.25, 0.3) is 0 Å². The van der Waals surface area contributed by atoms with Crippen LogP contribution in [0.1, 0.15) is 12.8 Å². The Kier molecular flexibility index (Phi) is 7.02. The normalized spacial score (nSPS) is 15.1. The average Bonchev–Trinajstić information content (AvgIpc) is 2.65. The molecule has 1 N–H and O–H groups in total. The summed E-state index contributed by atoms with van der Waals surface area (Å²) in [6, 6.07) is 9.89. The summed E-state index contributed by atoms with van der Waals surface area (Å²) in [5, 5.41) is 1.88. The first-order valence-corrected chi connectivity index (χ1v) is 9.37. The van der Waals surface area contributed by atoms with Gasteiger partial charge >= 0.3 is 5.97 Å². The molecule has 24 heavy (non-hydrogen) atoms. The highest BCUT2D eigenvalue weighted by atomic mass is 32.2. The molecule has 0 aliphatic heterocycles. The zero-order valence-corrected chi connectivity index (χ0v) is 15.5. The first-order chi connectivity index (χ1) is 11.6. The number of carbonyl (C=O) groups is 1. The summed E-state index contributed by atoms with van der Waals surface area (Å²) in [5.74, 6) is -0.241. The second kappa shape index (κ2) is 9.01. The van der Waals surface area contributed by atoms with Crippen molar-refractivity contribution in [3.8, 4) is 0 Å². The topological polar surface area (TPSA) is 41.6 Å². The van der Waals surface area contributed by atoms with Gasteiger partial charge in [-0.1, -0.05) is 66.5 Å². The molecule has 0 amide bonds. The van der Waals surface area contributed by atoms with Crippen LogP contribution in [0.2, 0.25) is 0 Å². The van der Waals surface area contributed by atoms with E-state index in [9.17, 15) is 4.79 Å². The van der Waals surface area contributed by atoms with E-state index in [1.54, 1.807) is 0 Å². The van der Waals surface area contributed by atoms with Gasteiger partial charge < -0.3 is 4.74 Å². The van der Waals surface area contributed by atoms with E-state index in [1.807, 2.05) is 65.9 Å². The number of methoxy groups -OCH3 is 1. The summed E-state index contributed by atoms with van der Waals surface area (Å²) in [6.07, 6.45) is 11.2. The van der Waals surface area contributed by atoms with E-state index in [0.29, 0.717) is 13.0 Å². The Labute approximate surface area is 152 Å². The fourth-order valence-corrected chi connectivity index (χ4v) is 3.11. The van der Waals surface area contributed by atoms with Gasteiger partial charge in [-0.05, 0) is 31.2 Å². The van der Waals surface area contributed by atoms with Gasteiger partial charge in [0.15, 0.2) is 4.32 Å². The number of nitrogens with zero attached hydrogens (tertiary/aromatic N) is 1. The number of anilines is 1. The Morgan fingerprint density at radius 2 is 2.00 bits per heavy atom. The highest BCUT2D eigenvalue weighted by Gasteiger charge is 2.35. The van der Waals surface area contributed by atoms with Crippen LogP contribution in [0.3, 0.4) is 0 Å². The summed E-state index contributed by atoms with van der Waals surface area (Å²) in [6.45, 7) is 0.583. The molecular formula is C18H22N2O2S2. The molecule has 2 rings (SSSR count). The lowest BCUT2D eigenvalue weighted by Crippen LogP contribution is -2.43. The van der Waals surface area contributed by atoms with Crippen molar-refractivity contribution in [2.45, 2.75) is 12.8 Å². The Bertz CT molecular complexity index is 617. The minimum Gasteiger partial charge on any atom is -0.468 e. The molecule has 0 bridgehead atoms. The molecule has 128 valence electrons. The maximum Gasteiger partial charge on any atom is 0.319 e. The number of carbonyl (C=O) groups excluding carboxylic acids is 1. The van der Waals surface area contributed by atoms with Gasteiger partial charge in [-0.3, -0.25) is 9.80 Å². The van der Waals surface area contributed by atoms with Gasteiger partial charge in [-0.15, -0.1) is 0 Å². The lowest BCUT2D eigenvalue weighted by atomic mass is 9.81. The maximum absolute atomic E-state index is 12.2. The van der Waals surface area contributed by atoms with E-state index < -0.39 is 5.41 Å². The van der Waals surface area contributed by atoms with Crippen molar-refractivity contribution in [1.29, 1.82) is 0 Å². The van der Waals surface area contributed by atoms with E-state index in [1.165, 1.54) is 18.9 Å². The highest BCUT2D eigenvalue weighted by molar-refractivity contribution is 8.22. The number of benzene rings is 1. The molecule has 0 unspecified atom stereocenters. The van der Waals surface area contributed by atoms with E-state index in [0.717, 1.165) is 16.4 Å². The van der Waals surface area contributed by atoms with Crippen molar-refractivity contribution in [3.05, 3.63) is 54.6 Å². The largest absolute Gasteiger partial charge is 0.468 e. The van der Waals surface area contributed by atoms with Crippen LogP contribution in [0.5, 0.6) is 0 Å². The molecule has 0 spiro atoms. The van der Waals surface area contributed by atoms with E-state index in [-0.39, 0.29) is 5.97 Å². The quantitative estimate of drug-likeness (QED) is 0.360. The van der Waals surface area contributed by atoms with Gasteiger partial charge in [0.1, 0.15) is 5.41 Å². The van der Waals surface area contributed by atoms with Gasteiger partial charge in [-0.25, -0.2) is 5.43 Å². The molecule has 0 fully saturated rings.